The highest BCUT2D eigenvalue weighted by atomic mass is 16.6. The van der Waals surface area contributed by atoms with E-state index in [0.29, 0.717) is 11.1 Å². The first-order valence-electron chi connectivity index (χ1n) is 8.98. The summed E-state index contributed by atoms with van der Waals surface area (Å²) in [5.74, 6) is -0.843. The maximum absolute atomic E-state index is 11.7. The Hall–Kier alpha value is -4.48. The average Bonchev–Trinajstić information content (AvgIpc) is 2.74. The van der Waals surface area contributed by atoms with Crippen molar-refractivity contribution in [3.05, 3.63) is 79.9 Å². The Bertz CT molecular complexity index is 955. The van der Waals surface area contributed by atoms with Crippen LogP contribution in [0.25, 0.3) is 0 Å². The molecule has 2 aromatic rings. The van der Waals surface area contributed by atoms with Crippen LogP contribution in [0, 0.1) is 20.2 Å². The molecule has 0 aromatic heterocycles. The molecular weight excluding hydrogens is 408 g/mol. The first-order chi connectivity index (χ1) is 14.8. The molecule has 2 aromatic carbocycles. The van der Waals surface area contributed by atoms with E-state index in [1.807, 2.05) is 0 Å². The second-order valence-electron chi connectivity index (χ2n) is 6.14. The molecule has 0 unspecified atom stereocenters. The Morgan fingerprint density at radius 2 is 1.23 bits per heavy atom. The summed E-state index contributed by atoms with van der Waals surface area (Å²) in [6.07, 6.45) is 2.87. The van der Waals surface area contributed by atoms with Crippen LogP contribution in [0.1, 0.15) is 30.4 Å². The molecular formula is C19H18N6O6. The van der Waals surface area contributed by atoms with Crippen molar-refractivity contribution in [3.8, 4) is 0 Å². The Labute approximate surface area is 176 Å². The zero-order valence-corrected chi connectivity index (χ0v) is 16.1. The van der Waals surface area contributed by atoms with E-state index in [1.54, 1.807) is 12.1 Å². The molecule has 0 radical (unpaired) electrons. The van der Waals surface area contributed by atoms with Crippen LogP contribution in [0.2, 0.25) is 0 Å². The first-order valence-corrected chi connectivity index (χ1v) is 8.98. The monoisotopic (exact) mass is 426 g/mol. The lowest BCUT2D eigenvalue weighted by Crippen LogP contribution is -2.20. The van der Waals surface area contributed by atoms with E-state index >= 15 is 0 Å². The lowest BCUT2D eigenvalue weighted by molar-refractivity contribution is -0.385. The predicted octanol–water partition coefficient (Wildman–Crippen LogP) is 2.27. The molecule has 2 rings (SSSR count). The van der Waals surface area contributed by atoms with Crippen LogP contribution in [0.5, 0.6) is 0 Å². The Kier molecular flexibility index (Phi) is 8.46. The topological polar surface area (TPSA) is 169 Å². The normalized spacial score (nSPS) is 10.8. The van der Waals surface area contributed by atoms with Gasteiger partial charge in [-0.1, -0.05) is 24.3 Å². The van der Waals surface area contributed by atoms with Gasteiger partial charge in [-0.2, -0.15) is 10.2 Å². The molecule has 12 nitrogen and oxygen atoms in total. The highest BCUT2D eigenvalue weighted by molar-refractivity contribution is 5.84. The minimum absolute atomic E-state index is 0.0360. The van der Waals surface area contributed by atoms with Crippen molar-refractivity contribution in [1.29, 1.82) is 0 Å². The molecule has 0 atom stereocenters. The Morgan fingerprint density at radius 1 is 0.806 bits per heavy atom. The van der Waals surface area contributed by atoms with Crippen LogP contribution in [-0.2, 0) is 9.59 Å². The number of non-ortho nitro benzene ring substituents is 2. The predicted molar refractivity (Wildman–Crippen MR) is 112 cm³/mol. The van der Waals surface area contributed by atoms with Gasteiger partial charge in [0.05, 0.1) is 22.3 Å². The standard InChI is InChI=1S/C19H18N6O6/c26-18(22-20-12-14-4-1-6-16(10-14)24(28)29)8-3-9-19(27)23-21-13-15-5-2-7-17(11-15)25(30)31/h1-2,4-7,10-13H,3,8-9H2,(H,22,26)(H,23,27)/b20-12+,21-13+. The molecule has 0 spiro atoms. The summed E-state index contributed by atoms with van der Waals surface area (Å²) in [6.45, 7) is 0. The molecule has 2 amide bonds. The van der Waals surface area contributed by atoms with Gasteiger partial charge < -0.3 is 0 Å². The van der Waals surface area contributed by atoms with Gasteiger partial charge >= 0.3 is 0 Å². The molecule has 0 saturated carbocycles. The van der Waals surface area contributed by atoms with E-state index < -0.39 is 21.7 Å². The number of benzene rings is 2. The molecule has 0 aliphatic heterocycles. The molecule has 0 saturated heterocycles. The number of nitrogens with one attached hydrogen (secondary N) is 2. The van der Waals surface area contributed by atoms with Crippen molar-refractivity contribution < 1.29 is 19.4 Å². The number of hydrogen-bond acceptors (Lipinski definition) is 8. The maximum atomic E-state index is 11.7. The third-order valence-electron chi connectivity index (χ3n) is 3.78. The number of nitrogens with zero attached hydrogens (tertiary/aromatic N) is 4. The Balaban J connectivity index is 1.69. The second-order valence-corrected chi connectivity index (χ2v) is 6.14. The van der Waals surface area contributed by atoms with Crippen LogP contribution in [-0.4, -0.2) is 34.1 Å². The third kappa shape index (κ3) is 8.19. The van der Waals surface area contributed by atoms with Gasteiger partial charge in [-0.3, -0.25) is 29.8 Å². The van der Waals surface area contributed by atoms with Gasteiger partial charge in [-0.25, -0.2) is 10.9 Å². The SMILES string of the molecule is O=C(CCCC(=O)N/N=C/c1cccc([N+](=O)[O-])c1)N/N=C/c1cccc([N+](=O)[O-])c1. The van der Waals surface area contributed by atoms with Gasteiger partial charge in [0.2, 0.25) is 11.8 Å². The van der Waals surface area contributed by atoms with Crippen LogP contribution in [0.15, 0.2) is 58.7 Å². The summed E-state index contributed by atoms with van der Waals surface area (Å²) in [5, 5.41) is 28.9. The van der Waals surface area contributed by atoms with E-state index in [2.05, 4.69) is 21.1 Å². The van der Waals surface area contributed by atoms with E-state index in [0.717, 1.165) is 0 Å². The summed E-state index contributed by atoms with van der Waals surface area (Å²) in [4.78, 5) is 43.8. The summed E-state index contributed by atoms with van der Waals surface area (Å²) >= 11 is 0. The Morgan fingerprint density at radius 3 is 1.61 bits per heavy atom. The van der Waals surface area contributed by atoms with E-state index in [4.69, 9.17) is 0 Å². The average molecular weight is 426 g/mol. The van der Waals surface area contributed by atoms with Gasteiger partial charge in [0.1, 0.15) is 0 Å². The number of nitro benzene ring substituents is 2. The third-order valence-corrected chi connectivity index (χ3v) is 3.78. The number of amides is 2. The molecule has 160 valence electrons. The van der Waals surface area contributed by atoms with Crippen LogP contribution < -0.4 is 10.9 Å². The summed E-state index contributed by atoms with van der Waals surface area (Å²) in [6, 6.07) is 11.5. The summed E-state index contributed by atoms with van der Waals surface area (Å²) in [7, 11) is 0. The lowest BCUT2D eigenvalue weighted by atomic mass is 10.2. The first kappa shape index (κ1) is 22.8. The van der Waals surface area contributed by atoms with Gasteiger partial charge in [0.15, 0.2) is 0 Å². The minimum Gasteiger partial charge on any atom is -0.273 e. The smallest absolute Gasteiger partial charge is 0.270 e. The highest BCUT2D eigenvalue weighted by Crippen LogP contribution is 2.12. The van der Waals surface area contributed by atoms with Crippen molar-refractivity contribution in [2.75, 3.05) is 0 Å². The summed E-state index contributed by atoms with van der Waals surface area (Å²) < 4.78 is 0. The molecule has 0 heterocycles. The number of hydrogen-bond donors (Lipinski definition) is 2. The molecule has 0 fully saturated rings. The van der Waals surface area contributed by atoms with Crippen molar-refractivity contribution in [1.82, 2.24) is 10.9 Å². The van der Waals surface area contributed by atoms with Gasteiger partial charge in [0.25, 0.3) is 11.4 Å². The minimum atomic E-state index is -0.533. The van der Waals surface area contributed by atoms with E-state index in [9.17, 15) is 29.8 Å². The number of hydrazone groups is 2. The van der Waals surface area contributed by atoms with Crippen molar-refractivity contribution in [2.45, 2.75) is 19.3 Å². The molecule has 0 bridgehead atoms. The van der Waals surface area contributed by atoms with Crippen LogP contribution in [0.4, 0.5) is 11.4 Å². The maximum Gasteiger partial charge on any atom is 0.270 e. The number of carbonyl (C=O) groups is 2. The van der Waals surface area contributed by atoms with E-state index in [-0.39, 0.29) is 30.6 Å². The molecule has 0 aliphatic rings. The fourth-order valence-corrected chi connectivity index (χ4v) is 2.32. The quantitative estimate of drug-likeness (QED) is 0.335. The highest BCUT2D eigenvalue weighted by Gasteiger charge is 2.06. The number of nitro groups is 2. The van der Waals surface area contributed by atoms with Crippen LogP contribution in [0.3, 0.4) is 0 Å². The van der Waals surface area contributed by atoms with Crippen molar-refractivity contribution >= 4 is 35.6 Å². The summed E-state index contributed by atoms with van der Waals surface area (Å²) in [5.41, 5.74) is 5.29. The van der Waals surface area contributed by atoms with Crippen molar-refractivity contribution in [3.63, 3.8) is 0 Å². The zero-order valence-electron chi connectivity index (χ0n) is 16.1. The fourth-order valence-electron chi connectivity index (χ4n) is 2.32. The number of carbonyl (C=O) groups excluding carboxylic acids is 2. The largest absolute Gasteiger partial charge is 0.273 e. The van der Waals surface area contributed by atoms with E-state index in [1.165, 1.54) is 48.8 Å². The van der Waals surface area contributed by atoms with Gasteiger partial charge in [-0.15, -0.1) is 0 Å². The second kappa shape index (κ2) is 11.5. The molecule has 2 N–H and O–H groups in total. The molecule has 31 heavy (non-hydrogen) atoms. The molecule has 0 aliphatic carbocycles. The lowest BCUT2D eigenvalue weighted by Gasteiger charge is -2.01. The van der Waals surface area contributed by atoms with Crippen LogP contribution >= 0.6 is 0 Å². The zero-order chi connectivity index (χ0) is 22.6. The van der Waals surface area contributed by atoms with Gasteiger partial charge in [-0.05, 0) is 6.42 Å². The molecule has 12 heteroatoms. The van der Waals surface area contributed by atoms with Crippen molar-refractivity contribution in [2.24, 2.45) is 10.2 Å². The number of rotatable bonds is 10. The fraction of sp³-hybridized carbons (Fsp3) is 0.158. The van der Waals surface area contributed by atoms with Gasteiger partial charge in [0, 0.05) is 48.2 Å².